The molecule has 0 bridgehead atoms. The number of aryl methyl sites for hydroxylation is 1. The van der Waals surface area contributed by atoms with Gasteiger partial charge >= 0.3 is 0 Å². The molecular formula is C16H26O3. The predicted molar refractivity (Wildman–Crippen MR) is 77.8 cm³/mol. The second-order valence-corrected chi connectivity index (χ2v) is 4.87. The van der Waals surface area contributed by atoms with Gasteiger partial charge < -0.3 is 14.6 Å². The third-order valence-electron chi connectivity index (χ3n) is 3.25. The Morgan fingerprint density at radius 3 is 2.58 bits per heavy atom. The summed E-state index contributed by atoms with van der Waals surface area (Å²) in [7, 11) is 1.66. The highest BCUT2D eigenvalue weighted by molar-refractivity contribution is 5.37. The number of rotatable bonds is 8. The molecule has 0 aliphatic heterocycles. The Morgan fingerprint density at radius 1 is 1.26 bits per heavy atom. The first-order valence-electron chi connectivity index (χ1n) is 7.05. The number of ether oxygens (including phenoxy) is 2. The van der Waals surface area contributed by atoms with Gasteiger partial charge in [0, 0.05) is 13.0 Å². The summed E-state index contributed by atoms with van der Waals surface area (Å²) in [6, 6.07) is 6.03. The topological polar surface area (TPSA) is 38.7 Å². The number of aliphatic hydroxyl groups excluding tert-OH is 1. The zero-order chi connectivity index (χ0) is 14.3. The fraction of sp³-hybridized carbons (Fsp3) is 0.625. The highest BCUT2D eigenvalue weighted by atomic mass is 16.5. The zero-order valence-corrected chi connectivity index (χ0v) is 12.5. The van der Waals surface area contributed by atoms with Gasteiger partial charge in [-0.1, -0.05) is 31.0 Å². The Balaban J connectivity index is 2.78. The summed E-state index contributed by atoms with van der Waals surface area (Å²) in [6.45, 7) is 6.74. The van der Waals surface area contributed by atoms with Gasteiger partial charge in [-0.05, 0) is 31.9 Å². The average molecular weight is 266 g/mol. The van der Waals surface area contributed by atoms with Crippen molar-refractivity contribution in [1.82, 2.24) is 0 Å². The molecule has 0 fully saturated rings. The zero-order valence-electron chi connectivity index (χ0n) is 12.5. The van der Waals surface area contributed by atoms with Crippen LogP contribution >= 0.6 is 0 Å². The summed E-state index contributed by atoms with van der Waals surface area (Å²) >= 11 is 0. The molecule has 1 aromatic carbocycles. The van der Waals surface area contributed by atoms with E-state index >= 15 is 0 Å². The lowest BCUT2D eigenvalue weighted by molar-refractivity contribution is -0.0365. The Labute approximate surface area is 116 Å². The summed E-state index contributed by atoms with van der Waals surface area (Å²) < 4.78 is 11.0. The second kappa shape index (κ2) is 8.18. The highest BCUT2D eigenvalue weighted by Gasteiger charge is 2.20. The first-order chi connectivity index (χ1) is 9.12. The number of aliphatic hydroxyl groups is 1. The van der Waals surface area contributed by atoms with Gasteiger partial charge in [-0.2, -0.15) is 0 Å². The standard InChI is InChI=1S/C16H26O3/c1-5-7-16(19-6-2)14(17)11-13-10-12(3)8-9-15(13)18-4/h8-10,14,16-17H,5-7,11H2,1-4H3. The second-order valence-electron chi connectivity index (χ2n) is 4.87. The smallest absolute Gasteiger partial charge is 0.122 e. The molecule has 3 nitrogen and oxygen atoms in total. The maximum absolute atomic E-state index is 10.4. The highest BCUT2D eigenvalue weighted by Crippen LogP contribution is 2.23. The fourth-order valence-electron chi connectivity index (χ4n) is 2.31. The number of benzene rings is 1. The van der Waals surface area contributed by atoms with E-state index in [2.05, 4.69) is 13.0 Å². The van der Waals surface area contributed by atoms with Gasteiger partial charge in [0.05, 0.1) is 19.3 Å². The minimum atomic E-state index is -0.490. The molecule has 19 heavy (non-hydrogen) atoms. The predicted octanol–water partition coefficient (Wildman–Crippen LogP) is 3.11. The maximum atomic E-state index is 10.4. The van der Waals surface area contributed by atoms with E-state index in [9.17, 15) is 5.11 Å². The Kier molecular flexibility index (Phi) is 6.89. The van der Waals surface area contributed by atoms with Crippen LogP contribution in [0.1, 0.15) is 37.8 Å². The molecule has 108 valence electrons. The average Bonchev–Trinajstić information content (AvgIpc) is 2.38. The third-order valence-corrected chi connectivity index (χ3v) is 3.25. The summed E-state index contributed by atoms with van der Waals surface area (Å²) in [5.41, 5.74) is 2.21. The normalized spacial score (nSPS) is 14.2. The summed E-state index contributed by atoms with van der Waals surface area (Å²) in [5, 5.41) is 10.4. The molecule has 1 aromatic rings. The van der Waals surface area contributed by atoms with Gasteiger partial charge in [0.1, 0.15) is 5.75 Å². The first-order valence-corrected chi connectivity index (χ1v) is 7.05. The van der Waals surface area contributed by atoms with Crippen molar-refractivity contribution < 1.29 is 14.6 Å². The molecule has 1 rings (SSSR count). The molecule has 0 saturated heterocycles. The Morgan fingerprint density at radius 2 is 2.00 bits per heavy atom. The van der Waals surface area contributed by atoms with Gasteiger partial charge in [0.15, 0.2) is 0 Å². The van der Waals surface area contributed by atoms with E-state index in [4.69, 9.17) is 9.47 Å². The lowest BCUT2D eigenvalue weighted by Crippen LogP contribution is -2.31. The van der Waals surface area contributed by atoms with Crippen LogP contribution in [-0.2, 0) is 11.2 Å². The van der Waals surface area contributed by atoms with E-state index in [0.29, 0.717) is 13.0 Å². The molecule has 0 spiro atoms. The number of hydrogen-bond acceptors (Lipinski definition) is 3. The lowest BCUT2D eigenvalue weighted by atomic mass is 9.99. The van der Waals surface area contributed by atoms with Crippen LogP contribution in [0.2, 0.25) is 0 Å². The van der Waals surface area contributed by atoms with Gasteiger partial charge in [-0.15, -0.1) is 0 Å². The quantitative estimate of drug-likeness (QED) is 0.785. The Bertz CT molecular complexity index is 370. The fourth-order valence-corrected chi connectivity index (χ4v) is 2.31. The summed E-state index contributed by atoms with van der Waals surface area (Å²) in [5.74, 6) is 0.830. The van der Waals surface area contributed by atoms with Crippen LogP contribution < -0.4 is 4.74 Å². The largest absolute Gasteiger partial charge is 0.496 e. The minimum Gasteiger partial charge on any atom is -0.496 e. The van der Waals surface area contributed by atoms with Crippen molar-refractivity contribution in [2.24, 2.45) is 0 Å². The van der Waals surface area contributed by atoms with Crippen LogP contribution in [0, 0.1) is 6.92 Å². The monoisotopic (exact) mass is 266 g/mol. The molecule has 3 heteroatoms. The van der Waals surface area contributed by atoms with E-state index in [1.165, 1.54) is 5.56 Å². The third kappa shape index (κ3) is 4.84. The van der Waals surface area contributed by atoms with Crippen molar-refractivity contribution in [2.45, 2.75) is 52.2 Å². The molecule has 0 amide bonds. The molecular weight excluding hydrogens is 240 g/mol. The Hall–Kier alpha value is -1.06. The molecule has 2 atom stereocenters. The summed E-state index contributed by atoms with van der Waals surface area (Å²) in [4.78, 5) is 0. The minimum absolute atomic E-state index is 0.0970. The molecule has 0 aromatic heterocycles. The van der Waals surface area contributed by atoms with E-state index in [1.54, 1.807) is 7.11 Å². The van der Waals surface area contributed by atoms with Crippen molar-refractivity contribution in [3.8, 4) is 5.75 Å². The van der Waals surface area contributed by atoms with Crippen molar-refractivity contribution in [3.63, 3.8) is 0 Å². The number of hydrogen-bond donors (Lipinski definition) is 1. The van der Waals surface area contributed by atoms with Crippen LogP contribution in [0.3, 0.4) is 0 Å². The van der Waals surface area contributed by atoms with Crippen molar-refractivity contribution >= 4 is 0 Å². The van der Waals surface area contributed by atoms with E-state index in [0.717, 1.165) is 24.2 Å². The van der Waals surface area contributed by atoms with E-state index < -0.39 is 6.10 Å². The van der Waals surface area contributed by atoms with Crippen LogP contribution in [0.5, 0.6) is 5.75 Å². The van der Waals surface area contributed by atoms with Crippen molar-refractivity contribution in [1.29, 1.82) is 0 Å². The van der Waals surface area contributed by atoms with Gasteiger partial charge in [-0.25, -0.2) is 0 Å². The van der Waals surface area contributed by atoms with Crippen molar-refractivity contribution in [3.05, 3.63) is 29.3 Å². The molecule has 0 radical (unpaired) electrons. The molecule has 0 aliphatic rings. The van der Waals surface area contributed by atoms with Crippen LogP contribution in [0.15, 0.2) is 18.2 Å². The van der Waals surface area contributed by atoms with Crippen LogP contribution in [-0.4, -0.2) is 31.0 Å². The number of methoxy groups -OCH3 is 1. The lowest BCUT2D eigenvalue weighted by Gasteiger charge is -2.23. The molecule has 1 N–H and O–H groups in total. The molecule has 0 aliphatic carbocycles. The van der Waals surface area contributed by atoms with E-state index in [1.807, 2.05) is 26.0 Å². The molecule has 0 heterocycles. The molecule has 0 saturated carbocycles. The summed E-state index contributed by atoms with van der Waals surface area (Å²) in [6.07, 6.45) is 1.86. The van der Waals surface area contributed by atoms with Gasteiger partial charge in [0.25, 0.3) is 0 Å². The van der Waals surface area contributed by atoms with Crippen molar-refractivity contribution in [2.75, 3.05) is 13.7 Å². The maximum Gasteiger partial charge on any atom is 0.122 e. The van der Waals surface area contributed by atoms with Crippen LogP contribution in [0.25, 0.3) is 0 Å². The first kappa shape index (κ1) is 16.0. The SMILES string of the molecule is CCCC(OCC)C(O)Cc1cc(C)ccc1OC. The molecule has 2 unspecified atom stereocenters. The van der Waals surface area contributed by atoms with E-state index in [-0.39, 0.29) is 6.10 Å². The van der Waals surface area contributed by atoms with Gasteiger partial charge in [0.2, 0.25) is 0 Å². The van der Waals surface area contributed by atoms with Gasteiger partial charge in [-0.3, -0.25) is 0 Å². The van der Waals surface area contributed by atoms with Crippen LogP contribution in [0.4, 0.5) is 0 Å².